The van der Waals surface area contributed by atoms with E-state index in [-0.39, 0.29) is 29.9 Å². The molecule has 30 heavy (non-hydrogen) atoms. The fraction of sp³-hybridized carbons (Fsp3) is 0.652. The Labute approximate surface area is 179 Å². The molecule has 0 radical (unpaired) electrons. The lowest BCUT2D eigenvalue weighted by molar-refractivity contribution is -0.133. The number of hydrogen-bond acceptors (Lipinski definition) is 5. The summed E-state index contributed by atoms with van der Waals surface area (Å²) >= 11 is 0. The number of rotatable bonds is 8. The maximum atomic E-state index is 12.8. The molecule has 3 heterocycles. The smallest absolute Gasteiger partial charge is 0.237 e. The standard InChI is InChI=1S/C23H34N4O3/c1-30-16-20-8-5-11-26(20)22(28)10-9-19-14-25-23(29)21-12-18(15-27(19)21)24-13-17-6-3-2-4-7-17/h2-4,6-7,18-21,24H,5,8-16H2,1H3,(H,25,29). The molecule has 3 fully saturated rings. The fourth-order valence-corrected chi connectivity index (χ4v) is 5.21. The first-order valence-electron chi connectivity index (χ1n) is 11.2. The van der Waals surface area contributed by atoms with Gasteiger partial charge in [0.1, 0.15) is 0 Å². The minimum Gasteiger partial charge on any atom is -0.383 e. The number of hydrogen-bond donors (Lipinski definition) is 2. The first kappa shape index (κ1) is 21.3. The second-order valence-corrected chi connectivity index (χ2v) is 8.79. The number of fused-ring (bicyclic) bond motifs is 1. The first-order valence-corrected chi connectivity index (χ1v) is 11.2. The number of nitrogens with one attached hydrogen (secondary N) is 2. The summed E-state index contributed by atoms with van der Waals surface area (Å²) < 4.78 is 5.28. The van der Waals surface area contributed by atoms with E-state index in [0.717, 1.165) is 45.3 Å². The number of likely N-dealkylation sites (tertiary alicyclic amines) is 1. The SMILES string of the molecule is COCC1CCCN1C(=O)CCC1CNC(=O)C2CC(NCc3ccccc3)CN12. The summed E-state index contributed by atoms with van der Waals surface area (Å²) in [7, 11) is 1.70. The first-order chi connectivity index (χ1) is 14.7. The number of carbonyl (C=O) groups is 2. The van der Waals surface area contributed by atoms with Crippen LogP contribution in [0, 0.1) is 0 Å². The van der Waals surface area contributed by atoms with Crippen LogP contribution in [0.25, 0.3) is 0 Å². The average molecular weight is 415 g/mol. The van der Waals surface area contributed by atoms with E-state index < -0.39 is 0 Å². The molecule has 3 aliphatic heterocycles. The van der Waals surface area contributed by atoms with Gasteiger partial charge in [0.05, 0.1) is 18.7 Å². The van der Waals surface area contributed by atoms with Crippen LogP contribution in [-0.4, -0.2) is 79.1 Å². The van der Waals surface area contributed by atoms with Gasteiger partial charge in [0.2, 0.25) is 11.8 Å². The zero-order valence-corrected chi connectivity index (χ0v) is 17.9. The number of methoxy groups -OCH3 is 1. The van der Waals surface area contributed by atoms with Crippen LogP contribution < -0.4 is 10.6 Å². The molecule has 3 saturated heterocycles. The van der Waals surface area contributed by atoms with E-state index in [1.54, 1.807) is 7.11 Å². The van der Waals surface area contributed by atoms with Crippen molar-refractivity contribution >= 4 is 11.8 Å². The van der Waals surface area contributed by atoms with Gasteiger partial charge in [-0.05, 0) is 31.2 Å². The molecule has 164 valence electrons. The number of amides is 2. The van der Waals surface area contributed by atoms with Crippen molar-refractivity contribution in [2.75, 3.05) is 33.4 Å². The third kappa shape index (κ3) is 4.85. The number of carbonyl (C=O) groups excluding carboxylic acids is 2. The lowest BCUT2D eigenvalue weighted by Crippen LogP contribution is -2.58. The molecule has 1 aromatic carbocycles. The molecule has 0 aliphatic carbocycles. The van der Waals surface area contributed by atoms with Gasteiger partial charge < -0.3 is 20.3 Å². The molecule has 2 amide bonds. The van der Waals surface area contributed by atoms with Crippen LogP contribution in [0.3, 0.4) is 0 Å². The van der Waals surface area contributed by atoms with Crippen LogP contribution >= 0.6 is 0 Å². The zero-order chi connectivity index (χ0) is 20.9. The fourth-order valence-electron chi connectivity index (χ4n) is 5.21. The van der Waals surface area contributed by atoms with Crippen LogP contribution in [0.15, 0.2) is 30.3 Å². The van der Waals surface area contributed by atoms with Gasteiger partial charge in [0.25, 0.3) is 0 Å². The monoisotopic (exact) mass is 414 g/mol. The molecule has 0 aromatic heterocycles. The second kappa shape index (κ2) is 9.90. The summed E-state index contributed by atoms with van der Waals surface area (Å²) in [6.07, 6.45) is 4.23. The Morgan fingerprint density at radius 3 is 2.90 bits per heavy atom. The second-order valence-electron chi connectivity index (χ2n) is 8.79. The predicted octanol–water partition coefficient (Wildman–Crippen LogP) is 1.14. The van der Waals surface area contributed by atoms with Crippen LogP contribution in [0.2, 0.25) is 0 Å². The Kier molecular flexibility index (Phi) is 7.02. The predicted molar refractivity (Wildman–Crippen MR) is 115 cm³/mol. The van der Waals surface area contributed by atoms with Crippen molar-refractivity contribution in [1.82, 2.24) is 20.4 Å². The summed E-state index contributed by atoms with van der Waals surface area (Å²) in [6.45, 7) is 3.77. The van der Waals surface area contributed by atoms with Crippen LogP contribution in [0.4, 0.5) is 0 Å². The highest BCUT2D eigenvalue weighted by atomic mass is 16.5. The Morgan fingerprint density at radius 1 is 1.27 bits per heavy atom. The Balaban J connectivity index is 1.30. The summed E-state index contributed by atoms with van der Waals surface area (Å²) in [5.74, 6) is 0.349. The van der Waals surface area contributed by atoms with E-state index in [9.17, 15) is 9.59 Å². The number of piperazine rings is 1. The summed E-state index contributed by atoms with van der Waals surface area (Å²) in [6, 6.07) is 11.0. The lowest BCUT2D eigenvalue weighted by Gasteiger charge is -2.37. The maximum absolute atomic E-state index is 12.8. The molecule has 0 spiro atoms. The molecule has 4 unspecified atom stereocenters. The van der Waals surface area contributed by atoms with Gasteiger partial charge in [0.15, 0.2) is 0 Å². The molecular weight excluding hydrogens is 380 g/mol. The minimum absolute atomic E-state index is 0.0832. The van der Waals surface area contributed by atoms with Crippen molar-refractivity contribution in [1.29, 1.82) is 0 Å². The van der Waals surface area contributed by atoms with Gasteiger partial charge in [0, 0.05) is 51.8 Å². The number of benzene rings is 1. The molecule has 7 heteroatoms. The summed E-state index contributed by atoms with van der Waals surface area (Å²) in [4.78, 5) is 29.6. The third-order valence-electron chi connectivity index (χ3n) is 6.81. The quantitative estimate of drug-likeness (QED) is 0.667. The van der Waals surface area contributed by atoms with Crippen LogP contribution in [0.1, 0.15) is 37.7 Å². The molecule has 4 rings (SSSR count). The van der Waals surface area contributed by atoms with Crippen LogP contribution in [0.5, 0.6) is 0 Å². The number of ether oxygens (including phenoxy) is 1. The average Bonchev–Trinajstić information content (AvgIpc) is 3.40. The van der Waals surface area contributed by atoms with E-state index in [0.29, 0.717) is 25.6 Å². The molecule has 0 saturated carbocycles. The molecule has 1 aromatic rings. The molecule has 7 nitrogen and oxygen atoms in total. The maximum Gasteiger partial charge on any atom is 0.237 e. The van der Waals surface area contributed by atoms with Gasteiger partial charge in [-0.3, -0.25) is 14.5 Å². The largest absolute Gasteiger partial charge is 0.383 e. The third-order valence-corrected chi connectivity index (χ3v) is 6.81. The van der Waals surface area contributed by atoms with Crippen molar-refractivity contribution in [3.63, 3.8) is 0 Å². The highest BCUT2D eigenvalue weighted by Crippen LogP contribution is 2.27. The Bertz CT molecular complexity index is 728. The molecule has 2 N–H and O–H groups in total. The van der Waals surface area contributed by atoms with Crippen LogP contribution in [-0.2, 0) is 20.9 Å². The molecule has 0 bridgehead atoms. The highest BCUT2D eigenvalue weighted by molar-refractivity contribution is 5.83. The van der Waals surface area contributed by atoms with Crippen molar-refractivity contribution in [2.24, 2.45) is 0 Å². The van der Waals surface area contributed by atoms with E-state index in [1.807, 2.05) is 23.1 Å². The highest BCUT2D eigenvalue weighted by Gasteiger charge is 2.43. The van der Waals surface area contributed by atoms with Gasteiger partial charge >= 0.3 is 0 Å². The summed E-state index contributed by atoms with van der Waals surface area (Å²) in [5.41, 5.74) is 1.25. The Hall–Kier alpha value is -1.96. The van der Waals surface area contributed by atoms with Crippen molar-refractivity contribution < 1.29 is 14.3 Å². The van der Waals surface area contributed by atoms with Crippen molar-refractivity contribution in [3.05, 3.63) is 35.9 Å². The van der Waals surface area contributed by atoms with Gasteiger partial charge in [-0.25, -0.2) is 0 Å². The van der Waals surface area contributed by atoms with Gasteiger partial charge in [-0.15, -0.1) is 0 Å². The van der Waals surface area contributed by atoms with Crippen molar-refractivity contribution in [3.8, 4) is 0 Å². The van der Waals surface area contributed by atoms with Crippen molar-refractivity contribution in [2.45, 2.75) is 62.8 Å². The lowest BCUT2D eigenvalue weighted by atomic mass is 10.0. The molecular formula is C23H34N4O3. The molecule has 3 aliphatic rings. The van der Waals surface area contributed by atoms with Gasteiger partial charge in [-0.2, -0.15) is 0 Å². The zero-order valence-electron chi connectivity index (χ0n) is 17.9. The minimum atomic E-state index is -0.0832. The Morgan fingerprint density at radius 2 is 2.10 bits per heavy atom. The molecule has 4 atom stereocenters. The topological polar surface area (TPSA) is 73.9 Å². The van der Waals surface area contributed by atoms with E-state index in [1.165, 1.54) is 5.56 Å². The van der Waals surface area contributed by atoms with Gasteiger partial charge in [-0.1, -0.05) is 30.3 Å². The number of nitrogens with zero attached hydrogens (tertiary/aromatic N) is 2. The summed E-state index contributed by atoms with van der Waals surface area (Å²) in [5, 5.41) is 6.68. The van der Waals surface area contributed by atoms with E-state index in [4.69, 9.17) is 4.74 Å². The van der Waals surface area contributed by atoms with E-state index >= 15 is 0 Å². The normalized spacial score (nSPS) is 29.1. The van der Waals surface area contributed by atoms with E-state index in [2.05, 4.69) is 27.7 Å².